The summed E-state index contributed by atoms with van der Waals surface area (Å²) in [6.07, 6.45) is -1.15. The molecule has 130 valence electrons. The van der Waals surface area contributed by atoms with Gasteiger partial charge in [0, 0.05) is 16.6 Å². The highest BCUT2D eigenvalue weighted by molar-refractivity contribution is 6.30. The summed E-state index contributed by atoms with van der Waals surface area (Å²) in [5, 5.41) is 10.6. The van der Waals surface area contributed by atoms with Crippen LogP contribution < -0.4 is 0 Å². The summed E-state index contributed by atoms with van der Waals surface area (Å²) in [6, 6.07) is 13.1. The molecule has 25 heavy (non-hydrogen) atoms. The van der Waals surface area contributed by atoms with Crippen molar-refractivity contribution in [1.82, 2.24) is 4.90 Å². The number of carbonyl (C=O) groups excluding carboxylic acids is 1. The zero-order valence-corrected chi connectivity index (χ0v) is 14.6. The molecule has 0 saturated carbocycles. The van der Waals surface area contributed by atoms with Gasteiger partial charge in [0.25, 0.3) is 0 Å². The number of benzene rings is 2. The average Bonchev–Trinajstić information content (AvgIpc) is 2.57. The molecule has 1 amide bonds. The smallest absolute Gasteiger partial charge is 0.335 e. The van der Waals surface area contributed by atoms with Crippen molar-refractivity contribution in [3.05, 3.63) is 69.7 Å². The van der Waals surface area contributed by atoms with Crippen molar-refractivity contribution in [3.8, 4) is 0 Å². The van der Waals surface area contributed by atoms with Gasteiger partial charge in [-0.05, 0) is 35.4 Å². The van der Waals surface area contributed by atoms with Crippen molar-refractivity contribution >= 4 is 35.1 Å². The van der Waals surface area contributed by atoms with Crippen LogP contribution in [0.15, 0.2) is 48.5 Å². The number of morpholine rings is 1. The van der Waals surface area contributed by atoms with Gasteiger partial charge in [-0.3, -0.25) is 4.79 Å². The molecule has 5 nitrogen and oxygen atoms in total. The predicted octanol–water partition coefficient (Wildman–Crippen LogP) is 3.55. The molecule has 1 heterocycles. The van der Waals surface area contributed by atoms with Crippen molar-refractivity contribution in [2.45, 2.75) is 18.7 Å². The zero-order valence-electron chi connectivity index (χ0n) is 13.1. The van der Waals surface area contributed by atoms with Crippen molar-refractivity contribution in [2.75, 3.05) is 6.61 Å². The molecule has 7 heteroatoms. The van der Waals surface area contributed by atoms with Crippen LogP contribution in [-0.2, 0) is 20.9 Å². The van der Waals surface area contributed by atoms with Gasteiger partial charge in [-0.15, -0.1) is 0 Å². The molecule has 1 N–H and O–H groups in total. The summed E-state index contributed by atoms with van der Waals surface area (Å²) >= 11 is 11.9. The Bertz CT molecular complexity index is 794. The molecule has 1 fully saturated rings. The molecule has 3 rings (SSSR count). The molecular weight excluding hydrogens is 365 g/mol. The highest BCUT2D eigenvalue weighted by Crippen LogP contribution is 2.32. The van der Waals surface area contributed by atoms with E-state index in [0.717, 1.165) is 5.56 Å². The zero-order chi connectivity index (χ0) is 18.0. The maximum atomic E-state index is 12.5. The Hall–Kier alpha value is -2.08. The van der Waals surface area contributed by atoms with Gasteiger partial charge in [0.1, 0.15) is 6.61 Å². The summed E-state index contributed by atoms with van der Waals surface area (Å²) in [5.74, 6) is -1.40. The van der Waals surface area contributed by atoms with E-state index in [1.807, 2.05) is 6.07 Å². The molecule has 0 spiro atoms. The van der Waals surface area contributed by atoms with E-state index >= 15 is 0 Å². The maximum absolute atomic E-state index is 12.5. The summed E-state index contributed by atoms with van der Waals surface area (Å²) in [7, 11) is 0. The first-order chi connectivity index (χ1) is 12.0. The van der Waals surface area contributed by atoms with Crippen LogP contribution >= 0.6 is 23.2 Å². The number of carboxylic acid groups (broad SMARTS) is 1. The van der Waals surface area contributed by atoms with Crippen molar-refractivity contribution in [2.24, 2.45) is 0 Å². The fourth-order valence-corrected chi connectivity index (χ4v) is 3.23. The Morgan fingerprint density at radius 2 is 1.88 bits per heavy atom. The standard InChI is InChI=1S/C18H15Cl2NO4/c19-13-6-4-12(5-7-13)16-17(18(23)24)25-10-15(22)21(16)9-11-2-1-3-14(20)8-11/h1-8,16-17H,9-10H2,(H,23,24)/t16-,17-/m0/s1. The molecular formula is C18H15Cl2NO4. The second-order valence-corrected chi connectivity index (χ2v) is 6.59. The molecule has 2 aromatic rings. The van der Waals surface area contributed by atoms with E-state index in [1.165, 1.54) is 4.90 Å². The van der Waals surface area contributed by atoms with Crippen LogP contribution in [0.3, 0.4) is 0 Å². The maximum Gasteiger partial charge on any atom is 0.335 e. The lowest BCUT2D eigenvalue weighted by molar-refractivity contribution is -0.174. The summed E-state index contributed by atoms with van der Waals surface area (Å²) in [6.45, 7) is -0.0402. The normalized spacial score (nSPS) is 20.6. The van der Waals surface area contributed by atoms with Gasteiger partial charge in [0.15, 0.2) is 6.10 Å². The van der Waals surface area contributed by atoms with E-state index in [9.17, 15) is 14.7 Å². The minimum Gasteiger partial charge on any atom is -0.479 e. The molecule has 1 saturated heterocycles. The quantitative estimate of drug-likeness (QED) is 0.881. The number of ether oxygens (including phenoxy) is 1. The van der Waals surface area contributed by atoms with Crippen LogP contribution in [-0.4, -0.2) is 34.6 Å². The first-order valence-electron chi connectivity index (χ1n) is 7.59. The van der Waals surface area contributed by atoms with Gasteiger partial charge in [-0.1, -0.05) is 47.5 Å². The third-order valence-corrected chi connectivity index (χ3v) is 4.51. The summed E-state index contributed by atoms with van der Waals surface area (Å²) in [5.41, 5.74) is 1.46. The number of amides is 1. The molecule has 2 aromatic carbocycles. The fourth-order valence-electron chi connectivity index (χ4n) is 2.89. The number of halogens is 2. The fraction of sp³-hybridized carbons (Fsp3) is 0.222. The van der Waals surface area contributed by atoms with Crippen molar-refractivity contribution in [1.29, 1.82) is 0 Å². The first kappa shape index (κ1) is 17.7. The van der Waals surface area contributed by atoms with Crippen LogP contribution in [0.25, 0.3) is 0 Å². The Kier molecular flexibility index (Phi) is 5.27. The Balaban J connectivity index is 1.99. The Labute approximate surface area is 154 Å². The van der Waals surface area contributed by atoms with E-state index < -0.39 is 18.1 Å². The monoisotopic (exact) mass is 379 g/mol. The summed E-state index contributed by atoms with van der Waals surface area (Å²) < 4.78 is 5.29. The average molecular weight is 380 g/mol. The van der Waals surface area contributed by atoms with Crippen LogP contribution in [0.1, 0.15) is 17.2 Å². The Morgan fingerprint density at radius 1 is 1.16 bits per heavy atom. The van der Waals surface area contributed by atoms with Gasteiger partial charge >= 0.3 is 5.97 Å². The molecule has 2 atom stereocenters. The van der Waals surface area contributed by atoms with Gasteiger partial charge in [0.2, 0.25) is 5.91 Å². The molecule has 0 bridgehead atoms. The number of carboxylic acids is 1. The highest BCUT2D eigenvalue weighted by Gasteiger charge is 2.41. The van der Waals surface area contributed by atoms with E-state index in [1.54, 1.807) is 42.5 Å². The molecule has 1 aliphatic heterocycles. The number of hydrogen-bond donors (Lipinski definition) is 1. The second kappa shape index (κ2) is 7.44. The molecule has 0 aliphatic carbocycles. The number of carbonyl (C=O) groups is 2. The van der Waals surface area contributed by atoms with Crippen LogP contribution in [0.4, 0.5) is 0 Å². The van der Waals surface area contributed by atoms with E-state index in [2.05, 4.69) is 0 Å². The lowest BCUT2D eigenvalue weighted by Crippen LogP contribution is -2.51. The number of hydrogen-bond acceptors (Lipinski definition) is 3. The molecule has 0 radical (unpaired) electrons. The Morgan fingerprint density at radius 3 is 2.52 bits per heavy atom. The van der Waals surface area contributed by atoms with Gasteiger partial charge < -0.3 is 14.7 Å². The predicted molar refractivity (Wildman–Crippen MR) is 93.6 cm³/mol. The van der Waals surface area contributed by atoms with Gasteiger partial charge in [-0.2, -0.15) is 0 Å². The van der Waals surface area contributed by atoms with Crippen molar-refractivity contribution < 1.29 is 19.4 Å². The largest absolute Gasteiger partial charge is 0.479 e. The minimum atomic E-state index is -1.15. The summed E-state index contributed by atoms with van der Waals surface area (Å²) in [4.78, 5) is 25.6. The SMILES string of the molecule is O=C(O)[C@H]1OCC(=O)N(Cc2cccc(Cl)c2)[C@H]1c1ccc(Cl)cc1. The van der Waals surface area contributed by atoms with E-state index in [0.29, 0.717) is 15.6 Å². The highest BCUT2D eigenvalue weighted by atomic mass is 35.5. The third kappa shape index (κ3) is 3.95. The van der Waals surface area contributed by atoms with E-state index in [-0.39, 0.29) is 19.1 Å². The van der Waals surface area contributed by atoms with Gasteiger partial charge in [0.05, 0.1) is 6.04 Å². The molecule has 1 aliphatic rings. The first-order valence-corrected chi connectivity index (χ1v) is 8.35. The van der Waals surface area contributed by atoms with Gasteiger partial charge in [-0.25, -0.2) is 4.79 Å². The number of aliphatic carboxylic acids is 1. The lowest BCUT2D eigenvalue weighted by atomic mass is 9.97. The van der Waals surface area contributed by atoms with Crippen LogP contribution in [0.5, 0.6) is 0 Å². The topological polar surface area (TPSA) is 66.8 Å². The lowest BCUT2D eigenvalue weighted by Gasteiger charge is -2.39. The number of nitrogens with zero attached hydrogens (tertiary/aromatic N) is 1. The molecule has 0 unspecified atom stereocenters. The van der Waals surface area contributed by atoms with E-state index in [4.69, 9.17) is 27.9 Å². The second-order valence-electron chi connectivity index (χ2n) is 5.72. The number of rotatable bonds is 4. The minimum absolute atomic E-state index is 0.236. The van der Waals surface area contributed by atoms with Crippen molar-refractivity contribution in [3.63, 3.8) is 0 Å². The third-order valence-electron chi connectivity index (χ3n) is 4.03. The van der Waals surface area contributed by atoms with Crippen LogP contribution in [0, 0.1) is 0 Å². The molecule has 0 aromatic heterocycles. The van der Waals surface area contributed by atoms with Crippen LogP contribution in [0.2, 0.25) is 10.0 Å².